The van der Waals surface area contributed by atoms with E-state index >= 15 is 4.39 Å². The van der Waals surface area contributed by atoms with Crippen LogP contribution in [0.5, 0.6) is 0 Å². The number of nitrogens with zero attached hydrogens (tertiary/aromatic N) is 1. The van der Waals surface area contributed by atoms with E-state index in [1.807, 2.05) is 5.32 Å². The van der Waals surface area contributed by atoms with Crippen LogP contribution in [0.2, 0.25) is 15.1 Å². The highest BCUT2D eigenvalue weighted by molar-refractivity contribution is 6.48. The smallest absolute Gasteiger partial charge is 0.340 e. The topological polar surface area (TPSA) is 49.4 Å². The quantitative estimate of drug-likeness (QED) is 0.247. The molecule has 2 amide bonds. The number of amides is 2. The van der Waals surface area contributed by atoms with Crippen LogP contribution in [0, 0.1) is 0 Å². The van der Waals surface area contributed by atoms with E-state index in [0.717, 1.165) is 12.1 Å². The molecule has 1 fully saturated rings. The van der Waals surface area contributed by atoms with Gasteiger partial charge in [-0.25, -0.2) is 4.39 Å². The summed E-state index contributed by atoms with van der Waals surface area (Å²) in [7, 11) is 0. The lowest BCUT2D eigenvalue weighted by atomic mass is 9.95. The lowest BCUT2D eigenvalue weighted by Crippen LogP contribution is -2.54. The molecule has 1 N–H and O–H groups in total. The predicted molar refractivity (Wildman–Crippen MR) is 134 cm³/mol. The first-order valence-electron chi connectivity index (χ1n) is 11.7. The number of hydrogen-bond acceptors (Lipinski definition) is 2. The Hall–Kier alpha value is -2.71. The molecular formula is C25H17Cl3F10N2O2. The Morgan fingerprint density at radius 1 is 1.00 bits per heavy atom. The number of benzene rings is 2. The molecule has 1 aliphatic rings. The normalized spacial score (nSPS) is 17.8. The van der Waals surface area contributed by atoms with Gasteiger partial charge in [0.1, 0.15) is 24.3 Å². The minimum atomic E-state index is -5.33. The molecule has 0 radical (unpaired) electrons. The van der Waals surface area contributed by atoms with Gasteiger partial charge in [-0.3, -0.25) is 9.59 Å². The van der Waals surface area contributed by atoms with Crippen LogP contribution < -0.4 is 5.32 Å². The summed E-state index contributed by atoms with van der Waals surface area (Å²) in [5, 5.41) is 0.894. The van der Waals surface area contributed by atoms with Crippen molar-refractivity contribution in [1.82, 2.24) is 10.2 Å². The number of hydrogen-bond donors (Lipinski definition) is 1. The Bertz CT molecular complexity index is 1370. The highest BCUT2D eigenvalue weighted by atomic mass is 35.5. The molecule has 2 atom stereocenters. The number of halogens is 13. The fourth-order valence-electron chi connectivity index (χ4n) is 4.19. The molecule has 17 heteroatoms. The first-order valence-corrected chi connectivity index (χ1v) is 12.8. The van der Waals surface area contributed by atoms with Gasteiger partial charge in [-0.1, -0.05) is 40.9 Å². The van der Waals surface area contributed by atoms with E-state index in [1.165, 1.54) is 0 Å². The second kappa shape index (κ2) is 12.5. The number of carbonyl (C=O) groups is 2. The predicted octanol–water partition coefficient (Wildman–Crippen LogP) is 8.61. The molecule has 0 spiro atoms. The van der Waals surface area contributed by atoms with Crippen molar-refractivity contribution in [3.05, 3.63) is 73.7 Å². The highest BCUT2D eigenvalue weighted by Crippen LogP contribution is 2.43. The molecular weight excluding hydrogens is 657 g/mol. The number of rotatable bonds is 6. The van der Waals surface area contributed by atoms with Gasteiger partial charge in [0.2, 0.25) is 5.91 Å². The van der Waals surface area contributed by atoms with Gasteiger partial charge in [-0.15, -0.1) is 0 Å². The van der Waals surface area contributed by atoms with Crippen molar-refractivity contribution in [2.24, 2.45) is 0 Å². The second-order valence-electron chi connectivity index (χ2n) is 9.13. The van der Waals surface area contributed by atoms with Gasteiger partial charge in [0.15, 0.2) is 0 Å². The largest absolute Gasteiger partial charge is 0.417 e. The number of likely N-dealkylation sites (tertiary alicyclic amines) is 1. The van der Waals surface area contributed by atoms with E-state index in [1.54, 1.807) is 0 Å². The van der Waals surface area contributed by atoms with Crippen molar-refractivity contribution in [3.63, 3.8) is 0 Å². The van der Waals surface area contributed by atoms with Gasteiger partial charge in [-0.2, -0.15) is 39.5 Å². The molecule has 230 valence electrons. The van der Waals surface area contributed by atoms with Gasteiger partial charge in [-0.05, 0) is 48.7 Å². The minimum absolute atomic E-state index is 0.0122. The molecule has 2 aromatic rings. The summed E-state index contributed by atoms with van der Waals surface area (Å²) >= 11 is 17.3. The molecule has 2 aromatic carbocycles. The first-order chi connectivity index (χ1) is 19.2. The van der Waals surface area contributed by atoms with E-state index < -0.39 is 87.0 Å². The summed E-state index contributed by atoms with van der Waals surface area (Å²) < 4.78 is 136. The SMILES string of the molecule is O=C(NC1CCCN(CC(F)(F)F)C1=O)c1ccc(/C(F)=C/C(c2cc(Cl)c(Cl)c(Cl)c2)C(F)(F)F)cc1C(F)(F)F. The van der Waals surface area contributed by atoms with E-state index in [-0.39, 0.29) is 36.6 Å². The average molecular weight is 674 g/mol. The van der Waals surface area contributed by atoms with Crippen LogP contribution in [0.3, 0.4) is 0 Å². The van der Waals surface area contributed by atoms with Gasteiger partial charge < -0.3 is 10.2 Å². The Balaban J connectivity index is 1.96. The summed E-state index contributed by atoms with van der Waals surface area (Å²) in [4.78, 5) is 25.5. The van der Waals surface area contributed by atoms with Crippen LogP contribution in [0.15, 0.2) is 36.4 Å². The van der Waals surface area contributed by atoms with Crippen molar-refractivity contribution in [3.8, 4) is 0 Å². The molecule has 0 saturated carbocycles. The maximum absolute atomic E-state index is 15.0. The molecule has 0 aliphatic carbocycles. The van der Waals surface area contributed by atoms with Gasteiger partial charge in [0.05, 0.1) is 26.2 Å². The minimum Gasteiger partial charge on any atom is -0.340 e. The zero-order valence-corrected chi connectivity index (χ0v) is 22.9. The molecule has 2 unspecified atom stereocenters. The molecule has 1 saturated heterocycles. The van der Waals surface area contributed by atoms with Crippen LogP contribution in [0.1, 0.15) is 45.8 Å². The third kappa shape index (κ3) is 8.22. The number of carbonyl (C=O) groups excluding carboxylic acids is 2. The van der Waals surface area contributed by atoms with Gasteiger partial charge in [0.25, 0.3) is 5.91 Å². The zero-order chi connectivity index (χ0) is 31.8. The second-order valence-corrected chi connectivity index (χ2v) is 10.3. The third-order valence-electron chi connectivity index (χ3n) is 6.08. The lowest BCUT2D eigenvalue weighted by Gasteiger charge is -2.33. The Morgan fingerprint density at radius 3 is 2.12 bits per heavy atom. The average Bonchev–Trinajstić information content (AvgIpc) is 2.85. The van der Waals surface area contributed by atoms with Crippen molar-refractivity contribution in [1.29, 1.82) is 0 Å². The van der Waals surface area contributed by atoms with Crippen molar-refractivity contribution in [2.75, 3.05) is 13.1 Å². The monoisotopic (exact) mass is 672 g/mol. The Kier molecular flexibility index (Phi) is 10.0. The number of alkyl halides is 9. The zero-order valence-electron chi connectivity index (χ0n) is 20.6. The molecule has 4 nitrogen and oxygen atoms in total. The number of allylic oxidation sites excluding steroid dienone is 1. The molecule has 42 heavy (non-hydrogen) atoms. The van der Waals surface area contributed by atoms with E-state index in [2.05, 4.69) is 0 Å². The van der Waals surface area contributed by atoms with E-state index in [9.17, 15) is 49.1 Å². The van der Waals surface area contributed by atoms with Crippen molar-refractivity contribution >= 4 is 52.4 Å². The van der Waals surface area contributed by atoms with Crippen LogP contribution in [0.4, 0.5) is 43.9 Å². The molecule has 0 aromatic heterocycles. The van der Waals surface area contributed by atoms with Crippen LogP contribution in [-0.4, -0.2) is 48.2 Å². The maximum Gasteiger partial charge on any atom is 0.417 e. The summed E-state index contributed by atoms with van der Waals surface area (Å²) in [5.41, 5.74) is -4.55. The maximum atomic E-state index is 15.0. The molecule has 3 rings (SSSR count). The molecule has 1 aliphatic heterocycles. The lowest BCUT2D eigenvalue weighted by molar-refractivity contribution is -0.164. The van der Waals surface area contributed by atoms with Crippen LogP contribution >= 0.6 is 34.8 Å². The van der Waals surface area contributed by atoms with Crippen molar-refractivity contribution < 1.29 is 53.5 Å². The molecule has 1 heterocycles. The molecule has 0 bridgehead atoms. The summed E-state index contributed by atoms with van der Waals surface area (Å²) in [6.07, 6.45) is -15.4. The fraction of sp³-hybridized carbons (Fsp3) is 0.360. The first kappa shape index (κ1) is 33.8. The van der Waals surface area contributed by atoms with Crippen LogP contribution in [-0.2, 0) is 11.0 Å². The van der Waals surface area contributed by atoms with Crippen molar-refractivity contribution in [2.45, 2.75) is 43.3 Å². The fourth-order valence-corrected chi connectivity index (χ4v) is 4.80. The van der Waals surface area contributed by atoms with Gasteiger partial charge >= 0.3 is 18.5 Å². The Labute approximate surface area is 246 Å². The highest BCUT2D eigenvalue weighted by Gasteiger charge is 2.42. The van der Waals surface area contributed by atoms with E-state index in [4.69, 9.17) is 34.8 Å². The standard InChI is InChI=1S/C25H17Cl3F10N2O2/c26-16-7-12(8-17(27)20(16)28)14(24(33,34)35)9-18(29)11-3-4-13(15(6-11)25(36,37)38)21(41)39-19-2-1-5-40(22(19)42)10-23(30,31)32/h3-4,6-9,14,19H,1-2,5,10H2,(H,39,41)/b18-9-. The van der Waals surface area contributed by atoms with E-state index in [0.29, 0.717) is 17.0 Å². The Morgan fingerprint density at radius 2 is 1.60 bits per heavy atom. The summed E-state index contributed by atoms with van der Waals surface area (Å²) in [6.45, 7) is -1.91. The van der Waals surface area contributed by atoms with Crippen LogP contribution in [0.25, 0.3) is 5.83 Å². The van der Waals surface area contributed by atoms with Gasteiger partial charge in [0, 0.05) is 12.1 Å². The number of nitrogens with one attached hydrogen (secondary N) is 1. The summed E-state index contributed by atoms with van der Waals surface area (Å²) in [6, 6.07) is 1.11. The third-order valence-corrected chi connectivity index (χ3v) is 7.28. The summed E-state index contributed by atoms with van der Waals surface area (Å²) in [5.74, 6) is -7.14. The number of piperidine rings is 1.